The number of benzene rings is 2. The maximum atomic E-state index is 13.2. The van der Waals surface area contributed by atoms with Gasteiger partial charge in [0.25, 0.3) is 5.91 Å². The molecule has 0 bridgehead atoms. The Bertz CT molecular complexity index is 977. The highest BCUT2D eigenvalue weighted by atomic mass is 19.1. The van der Waals surface area contributed by atoms with Crippen LogP contribution in [0.1, 0.15) is 37.5 Å². The molecule has 7 nitrogen and oxygen atoms in total. The Balaban J connectivity index is 1.63. The summed E-state index contributed by atoms with van der Waals surface area (Å²) in [6.07, 6.45) is 0.0813. The predicted molar refractivity (Wildman–Crippen MR) is 112 cm³/mol. The van der Waals surface area contributed by atoms with Crippen molar-refractivity contribution < 1.29 is 23.5 Å². The molecule has 1 unspecified atom stereocenters. The summed E-state index contributed by atoms with van der Waals surface area (Å²) in [7, 11) is 0. The van der Waals surface area contributed by atoms with Gasteiger partial charge >= 0.3 is 6.03 Å². The van der Waals surface area contributed by atoms with E-state index in [-0.39, 0.29) is 12.6 Å². The average molecular weight is 427 g/mol. The highest BCUT2D eigenvalue weighted by molar-refractivity contribution is 6.09. The van der Waals surface area contributed by atoms with E-state index in [2.05, 4.69) is 10.6 Å². The quantitative estimate of drug-likeness (QED) is 0.634. The summed E-state index contributed by atoms with van der Waals surface area (Å²) >= 11 is 0. The van der Waals surface area contributed by atoms with E-state index in [1.165, 1.54) is 31.2 Å². The minimum Gasteiger partial charge on any atom is -0.374 e. The number of carbonyl (C=O) groups excluding carboxylic acids is 3. The number of halogens is 1. The monoisotopic (exact) mass is 427 g/mol. The third kappa shape index (κ3) is 5.08. The van der Waals surface area contributed by atoms with Gasteiger partial charge in [-0.25, -0.2) is 9.18 Å². The molecule has 0 radical (unpaired) electrons. The highest BCUT2D eigenvalue weighted by Crippen LogP contribution is 2.28. The van der Waals surface area contributed by atoms with Gasteiger partial charge in [-0.2, -0.15) is 0 Å². The van der Waals surface area contributed by atoms with E-state index in [9.17, 15) is 18.8 Å². The Morgan fingerprint density at radius 3 is 2.42 bits per heavy atom. The lowest BCUT2D eigenvalue weighted by Gasteiger charge is -2.22. The first-order valence-corrected chi connectivity index (χ1v) is 10.1. The molecule has 2 N–H and O–H groups in total. The van der Waals surface area contributed by atoms with Crippen LogP contribution in [-0.4, -0.2) is 35.4 Å². The third-order valence-electron chi connectivity index (χ3n) is 5.16. The van der Waals surface area contributed by atoms with Gasteiger partial charge in [-0.3, -0.25) is 14.5 Å². The zero-order valence-electron chi connectivity index (χ0n) is 17.8. The first kappa shape index (κ1) is 22.4. The number of urea groups is 1. The zero-order valence-corrected chi connectivity index (χ0v) is 17.8. The van der Waals surface area contributed by atoms with Crippen LogP contribution < -0.4 is 10.6 Å². The van der Waals surface area contributed by atoms with Gasteiger partial charge in [0.05, 0.1) is 12.7 Å². The summed E-state index contributed by atoms with van der Waals surface area (Å²) in [5.74, 6) is -1.48. The molecule has 0 spiro atoms. The second-order valence-corrected chi connectivity index (χ2v) is 7.86. The molecule has 2 aromatic rings. The normalized spacial score (nSPS) is 18.4. The van der Waals surface area contributed by atoms with Crippen LogP contribution >= 0.6 is 0 Å². The van der Waals surface area contributed by atoms with Gasteiger partial charge in [-0.05, 0) is 49.6 Å². The summed E-state index contributed by atoms with van der Waals surface area (Å²) in [5, 5.41) is 5.35. The van der Waals surface area contributed by atoms with E-state index >= 15 is 0 Å². The average Bonchev–Trinajstić information content (AvgIpc) is 2.95. The maximum Gasteiger partial charge on any atom is 0.325 e. The van der Waals surface area contributed by atoms with Crippen molar-refractivity contribution in [2.24, 2.45) is 0 Å². The van der Waals surface area contributed by atoms with Gasteiger partial charge in [-0.1, -0.05) is 36.4 Å². The molecular weight excluding hydrogens is 401 g/mol. The van der Waals surface area contributed by atoms with Crippen LogP contribution in [0.2, 0.25) is 0 Å². The number of hydrogen-bond acceptors (Lipinski definition) is 4. The van der Waals surface area contributed by atoms with Gasteiger partial charge in [0.1, 0.15) is 17.9 Å². The Labute approximate surface area is 180 Å². The molecular formula is C23H26FN3O4. The van der Waals surface area contributed by atoms with Crippen LogP contribution in [-0.2, 0) is 33.0 Å². The standard InChI is InChI=1S/C23H26FN3O4/c1-15(2)31-14-17-7-5-4-6-16(17)12-25-20(28)13-27-21(29)23(3,26-22(27)30)18-8-10-19(24)11-9-18/h4-11,15H,12-14H2,1-3H3,(H,25,28)(H,26,30). The number of imide groups is 1. The molecule has 2 aromatic carbocycles. The van der Waals surface area contributed by atoms with Gasteiger partial charge in [-0.15, -0.1) is 0 Å². The molecule has 1 atom stereocenters. The van der Waals surface area contributed by atoms with Crippen molar-refractivity contribution in [3.05, 3.63) is 71.0 Å². The summed E-state index contributed by atoms with van der Waals surface area (Å²) < 4.78 is 18.9. The van der Waals surface area contributed by atoms with Crippen molar-refractivity contribution in [3.63, 3.8) is 0 Å². The predicted octanol–water partition coefficient (Wildman–Crippen LogP) is 2.83. The second kappa shape index (κ2) is 9.26. The van der Waals surface area contributed by atoms with Crippen LogP contribution in [0.15, 0.2) is 48.5 Å². The van der Waals surface area contributed by atoms with Gasteiger partial charge in [0.15, 0.2) is 0 Å². The van der Waals surface area contributed by atoms with E-state index in [1.807, 2.05) is 38.1 Å². The summed E-state index contributed by atoms with van der Waals surface area (Å²) in [5.41, 5.74) is 0.931. The molecule has 0 aromatic heterocycles. The fourth-order valence-corrected chi connectivity index (χ4v) is 3.34. The molecule has 0 saturated carbocycles. The number of ether oxygens (including phenoxy) is 1. The molecule has 1 saturated heterocycles. The number of nitrogens with zero attached hydrogens (tertiary/aromatic N) is 1. The van der Waals surface area contributed by atoms with Crippen molar-refractivity contribution in [2.45, 2.75) is 45.6 Å². The summed E-state index contributed by atoms with van der Waals surface area (Å²) in [4.78, 5) is 38.6. The van der Waals surface area contributed by atoms with Gasteiger partial charge < -0.3 is 15.4 Å². The van der Waals surface area contributed by atoms with E-state index in [4.69, 9.17) is 4.74 Å². The molecule has 1 heterocycles. The minimum absolute atomic E-state index is 0.0813. The molecule has 1 fully saturated rings. The molecule has 3 rings (SSSR count). The number of hydrogen-bond donors (Lipinski definition) is 2. The van der Waals surface area contributed by atoms with Crippen molar-refractivity contribution in [2.75, 3.05) is 6.54 Å². The Hall–Kier alpha value is -3.26. The van der Waals surface area contributed by atoms with Crippen LogP contribution in [0.3, 0.4) is 0 Å². The summed E-state index contributed by atoms with van der Waals surface area (Å²) in [6.45, 7) is 5.68. The maximum absolute atomic E-state index is 13.2. The van der Waals surface area contributed by atoms with Crippen molar-refractivity contribution in [3.8, 4) is 0 Å². The van der Waals surface area contributed by atoms with Crippen LogP contribution in [0.25, 0.3) is 0 Å². The smallest absolute Gasteiger partial charge is 0.325 e. The largest absolute Gasteiger partial charge is 0.374 e. The molecule has 4 amide bonds. The van der Waals surface area contributed by atoms with Crippen molar-refractivity contribution >= 4 is 17.8 Å². The topological polar surface area (TPSA) is 87.7 Å². The Morgan fingerprint density at radius 1 is 1.13 bits per heavy atom. The van der Waals surface area contributed by atoms with Crippen LogP contribution in [0.4, 0.5) is 9.18 Å². The van der Waals surface area contributed by atoms with E-state index < -0.39 is 35.7 Å². The molecule has 0 aliphatic carbocycles. The Morgan fingerprint density at radius 2 is 1.77 bits per heavy atom. The Kier molecular flexibility index (Phi) is 6.70. The molecule has 1 aliphatic rings. The minimum atomic E-state index is -1.36. The van der Waals surface area contributed by atoms with E-state index in [0.717, 1.165) is 16.0 Å². The summed E-state index contributed by atoms with van der Waals surface area (Å²) in [6, 6.07) is 12.2. The lowest BCUT2D eigenvalue weighted by molar-refractivity contribution is -0.134. The van der Waals surface area contributed by atoms with E-state index in [0.29, 0.717) is 12.2 Å². The van der Waals surface area contributed by atoms with Crippen LogP contribution in [0, 0.1) is 5.82 Å². The second-order valence-electron chi connectivity index (χ2n) is 7.86. The molecule has 1 aliphatic heterocycles. The number of carbonyl (C=O) groups is 3. The van der Waals surface area contributed by atoms with Crippen molar-refractivity contribution in [1.82, 2.24) is 15.5 Å². The lowest BCUT2D eigenvalue weighted by atomic mass is 9.92. The third-order valence-corrected chi connectivity index (χ3v) is 5.16. The fraction of sp³-hybridized carbons (Fsp3) is 0.348. The number of nitrogens with one attached hydrogen (secondary N) is 2. The van der Waals surface area contributed by atoms with Crippen LogP contribution in [0.5, 0.6) is 0 Å². The number of rotatable bonds is 8. The number of amides is 4. The van der Waals surface area contributed by atoms with Gasteiger partial charge in [0, 0.05) is 6.54 Å². The fourth-order valence-electron chi connectivity index (χ4n) is 3.34. The molecule has 31 heavy (non-hydrogen) atoms. The first-order chi connectivity index (χ1) is 14.7. The van der Waals surface area contributed by atoms with E-state index in [1.54, 1.807) is 0 Å². The van der Waals surface area contributed by atoms with Gasteiger partial charge in [0.2, 0.25) is 5.91 Å². The SMILES string of the molecule is CC(C)OCc1ccccc1CNC(=O)CN1C(=O)NC(C)(c2ccc(F)cc2)C1=O. The van der Waals surface area contributed by atoms with Crippen molar-refractivity contribution in [1.29, 1.82) is 0 Å². The highest BCUT2D eigenvalue weighted by Gasteiger charge is 2.49. The lowest BCUT2D eigenvalue weighted by Crippen LogP contribution is -2.43. The molecule has 8 heteroatoms. The first-order valence-electron chi connectivity index (χ1n) is 10.1. The molecule has 164 valence electrons. The zero-order chi connectivity index (χ0) is 22.6.